The molecule has 14 nitrogen and oxygen atoms in total. The number of carbonyl (C=O) groups excluding carboxylic acids is 6. The van der Waals surface area contributed by atoms with Gasteiger partial charge in [0.25, 0.3) is 0 Å². The number of rotatable bonds is 14. The Balaban J connectivity index is 6.80. The Hall–Kier alpha value is -3.26. The quantitative estimate of drug-likeness (QED) is 0.195. The van der Waals surface area contributed by atoms with Crippen LogP contribution in [0.4, 0.5) is 0 Å². The van der Waals surface area contributed by atoms with Crippen LogP contribution in [0.25, 0.3) is 0 Å². The van der Waals surface area contributed by atoms with Crippen molar-refractivity contribution < 1.29 is 57.2 Å². The summed E-state index contributed by atoms with van der Waals surface area (Å²) < 4.78 is 32.4. The Morgan fingerprint density at radius 3 is 1.02 bits per heavy atom. The van der Waals surface area contributed by atoms with E-state index in [0.29, 0.717) is 0 Å². The van der Waals surface area contributed by atoms with Crippen LogP contribution in [0.5, 0.6) is 0 Å². The summed E-state index contributed by atoms with van der Waals surface area (Å²) in [5, 5.41) is 0. The highest BCUT2D eigenvalue weighted by Gasteiger charge is 2.37. The van der Waals surface area contributed by atoms with Crippen LogP contribution in [0, 0.1) is 0 Å². The molecular formula is C33H58N2O12. The number of carbonyl (C=O) groups is 6. The first kappa shape index (κ1) is 43.7. The van der Waals surface area contributed by atoms with E-state index in [4.69, 9.17) is 28.4 Å². The molecule has 0 aliphatic heterocycles. The number of hydrogen-bond donors (Lipinski definition) is 0. The van der Waals surface area contributed by atoms with E-state index < -0.39 is 109 Å². The third kappa shape index (κ3) is 23.7. The lowest BCUT2D eigenvalue weighted by molar-refractivity contribution is -0.173. The molecule has 47 heavy (non-hydrogen) atoms. The van der Waals surface area contributed by atoms with Gasteiger partial charge in [0, 0.05) is 6.54 Å². The largest absolute Gasteiger partial charge is 0.459 e. The maximum Gasteiger partial charge on any atom is 0.344 e. The number of hydrogen-bond acceptors (Lipinski definition) is 14. The lowest BCUT2D eigenvalue weighted by Crippen LogP contribution is -2.55. The summed E-state index contributed by atoms with van der Waals surface area (Å²) in [7, 11) is 0. The van der Waals surface area contributed by atoms with Crippen LogP contribution in [0.15, 0.2) is 0 Å². The molecule has 14 heteroatoms. The third-order valence-electron chi connectivity index (χ3n) is 4.95. The van der Waals surface area contributed by atoms with Gasteiger partial charge in [-0.25, -0.2) is 4.79 Å². The average Bonchev–Trinajstić information content (AvgIpc) is 2.74. The molecular weight excluding hydrogens is 616 g/mol. The second-order valence-corrected chi connectivity index (χ2v) is 16.1. The third-order valence-corrected chi connectivity index (χ3v) is 4.95. The number of ether oxygens (including phenoxy) is 6. The SMILES string of the molecule is CC(C)(C)OC(=O)COC(=O)C(CN(CC(=O)OC(C)(C)C)CC(=O)OC(C)(C)C)N(CC(=O)OC(C)(C)C)CC(=O)OC(C)(C)C. The predicted octanol–water partition coefficient (Wildman–Crippen LogP) is 3.21. The molecule has 0 spiro atoms. The molecule has 0 aromatic heterocycles. The Morgan fingerprint density at radius 1 is 0.447 bits per heavy atom. The van der Waals surface area contributed by atoms with Gasteiger partial charge in [-0.15, -0.1) is 0 Å². The highest BCUT2D eigenvalue weighted by molar-refractivity contribution is 5.83. The van der Waals surface area contributed by atoms with Crippen molar-refractivity contribution in [1.29, 1.82) is 0 Å². The van der Waals surface area contributed by atoms with Crippen molar-refractivity contribution in [2.24, 2.45) is 0 Å². The normalized spacial score (nSPS) is 13.5. The van der Waals surface area contributed by atoms with E-state index in [1.165, 1.54) is 4.90 Å². The van der Waals surface area contributed by atoms with Crippen molar-refractivity contribution in [2.75, 3.05) is 39.3 Å². The van der Waals surface area contributed by atoms with Gasteiger partial charge in [0.15, 0.2) is 6.61 Å². The van der Waals surface area contributed by atoms with Crippen LogP contribution >= 0.6 is 0 Å². The minimum absolute atomic E-state index is 0.433. The molecule has 1 atom stereocenters. The predicted molar refractivity (Wildman–Crippen MR) is 172 cm³/mol. The van der Waals surface area contributed by atoms with Crippen LogP contribution in [-0.4, -0.2) is 119 Å². The van der Waals surface area contributed by atoms with Crippen LogP contribution in [-0.2, 0) is 57.2 Å². The molecule has 1 unspecified atom stereocenters. The Kier molecular flexibility index (Phi) is 16.0. The van der Waals surface area contributed by atoms with Crippen molar-refractivity contribution in [2.45, 2.75) is 138 Å². The lowest BCUT2D eigenvalue weighted by atomic mass is 10.1. The topological polar surface area (TPSA) is 164 Å². The maximum absolute atomic E-state index is 13.7. The summed E-state index contributed by atoms with van der Waals surface area (Å²) in [6, 6.07) is -1.50. The molecule has 0 aliphatic rings. The molecule has 0 aromatic rings. The van der Waals surface area contributed by atoms with Gasteiger partial charge < -0.3 is 28.4 Å². The second-order valence-electron chi connectivity index (χ2n) is 16.1. The minimum Gasteiger partial charge on any atom is -0.459 e. The fourth-order valence-corrected chi connectivity index (χ4v) is 3.83. The van der Waals surface area contributed by atoms with Crippen LogP contribution in [0.3, 0.4) is 0 Å². The van der Waals surface area contributed by atoms with Crippen molar-refractivity contribution in [3.05, 3.63) is 0 Å². The fraction of sp³-hybridized carbons (Fsp3) is 0.818. The standard InChI is InChI=1S/C33H58N2O12/c1-29(2,3)43-23(36)17-34(18-24(37)44-30(4,5)6)16-22(28(41)42-21-27(40)47-33(13,14)15)35(19-25(38)45-31(7,8)9)20-26(39)46-32(10,11)12/h22H,16-21H2,1-15H3. The van der Waals surface area contributed by atoms with Crippen LogP contribution in [0.1, 0.15) is 104 Å². The maximum atomic E-state index is 13.7. The van der Waals surface area contributed by atoms with Gasteiger partial charge in [-0.2, -0.15) is 0 Å². The molecule has 0 saturated heterocycles. The summed E-state index contributed by atoms with van der Waals surface area (Å²) in [5.41, 5.74) is -4.39. The van der Waals surface area contributed by atoms with E-state index in [9.17, 15) is 28.8 Å². The van der Waals surface area contributed by atoms with E-state index in [-0.39, 0.29) is 0 Å². The van der Waals surface area contributed by atoms with E-state index >= 15 is 0 Å². The molecule has 0 N–H and O–H groups in total. The molecule has 0 aliphatic carbocycles. The van der Waals surface area contributed by atoms with Crippen molar-refractivity contribution in [1.82, 2.24) is 9.80 Å². The smallest absolute Gasteiger partial charge is 0.344 e. The summed E-state index contributed by atoms with van der Waals surface area (Å²) >= 11 is 0. The van der Waals surface area contributed by atoms with Gasteiger partial charge in [0.1, 0.15) is 34.0 Å². The molecule has 0 amide bonds. The molecule has 0 bridgehead atoms. The summed E-state index contributed by atoms with van der Waals surface area (Å²) in [5.74, 6) is -4.87. The van der Waals surface area contributed by atoms with Crippen LogP contribution < -0.4 is 0 Å². The summed E-state index contributed by atoms with van der Waals surface area (Å²) in [4.78, 5) is 80.5. The Morgan fingerprint density at radius 2 is 0.723 bits per heavy atom. The zero-order valence-corrected chi connectivity index (χ0v) is 31.1. The summed E-state index contributed by atoms with van der Waals surface area (Å²) in [6.07, 6.45) is 0. The first-order valence-electron chi connectivity index (χ1n) is 15.6. The van der Waals surface area contributed by atoms with E-state index in [1.807, 2.05) is 0 Å². The molecule has 0 aromatic carbocycles. The highest BCUT2D eigenvalue weighted by Crippen LogP contribution is 2.16. The number of esters is 6. The molecule has 0 saturated carbocycles. The molecule has 0 fully saturated rings. The van der Waals surface area contributed by atoms with Gasteiger partial charge in [-0.1, -0.05) is 0 Å². The lowest BCUT2D eigenvalue weighted by Gasteiger charge is -2.34. The van der Waals surface area contributed by atoms with Crippen molar-refractivity contribution in [3.63, 3.8) is 0 Å². The van der Waals surface area contributed by atoms with Gasteiger partial charge in [-0.3, -0.25) is 33.8 Å². The average molecular weight is 675 g/mol. The Labute approximate surface area is 280 Å². The van der Waals surface area contributed by atoms with E-state index in [0.717, 1.165) is 4.90 Å². The van der Waals surface area contributed by atoms with Crippen molar-refractivity contribution >= 4 is 35.8 Å². The van der Waals surface area contributed by atoms with Gasteiger partial charge in [0.05, 0.1) is 26.2 Å². The molecule has 0 heterocycles. The van der Waals surface area contributed by atoms with Crippen molar-refractivity contribution in [3.8, 4) is 0 Å². The van der Waals surface area contributed by atoms with Gasteiger partial charge in [0.2, 0.25) is 0 Å². The van der Waals surface area contributed by atoms with E-state index in [2.05, 4.69) is 0 Å². The molecule has 272 valence electrons. The number of nitrogens with zero attached hydrogens (tertiary/aromatic N) is 2. The Bertz CT molecular complexity index is 1040. The monoisotopic (exact) mass is 674 g/mol. The van der Waals surface area contributed by atoms with Gasteiger partial charge >= 0.3 is 35.8 Å². The summed E-state index contributed by atoms with van der Waals surface area (Å²) in [6.45, 7) is 21.5. The van der Waals surface area contributed by atoms with E-state index in [1.54, 1.807) is 104 Å². The van der Waals surface area contributed by atoms with Crippen LogP contribution in [0.2, 0.25) is 0 Å². The molecule has 0 rings (SSSR count). The zero-order valence-electron chi connectivity index (χ0n) is 31.1. The second kappa shape index (κ2) is 17.2. The minimum atomic E-state index is -1.50. The zero-order chi connectivity index (χ0) is 37.2. The fourth-order valence-electron chi connectivity index (χ4n) is 3.83. The first-order valence-corrected chi connectivity index (χ1v) is 15.6. The first-order chi connectivity index (χ1) is 20.8. The molecule has 0 radical (unpaired) electrons. The van der Waals surface area contributed by atoms with Gasteiger partial charge in [-0.05, 0) is 104 Å². The highest BCUT2D eigenvalue weighted by atomic mass is 16.6.